The van der Waals surface area contributed by atoms with Gasteiger partial charge in [-0.25, -0.2) is 19.9 Å². The topological polar surface area (TPSA) is 72.3 Å². The summed E-state index contributed by atoms with van der Waals surface area (Å²) in [5, 5.41) is 0.674. The Morgan fingerprint density at radius 1 is 1.11 bits per heavy atom. The molecule has 0 amide bonds. The summed E-state index contributed by atoms with van der Waals surface area (Å²) in [6.07, 6.45) is 0.371. The molecule has 11 heteroatoms. The van der Waals surface area contributed by atoms with Gasteiger partial charge >= 0.3 is 6.18 Å². The van der Waals surface area contributed by atoms with E-state index in [-0.39, 0.29) is 29.2 Å². The molecular weight excluding hydrogens is 416 g/mol. The van der Waals surface area contributed by atoms with Crippen LogP contribution < -0.4 is 0 Å². The Bertz CT molecular complexity index is 1140. The lowest BCUT2D eigenvalue weighted by molar-refractivity contribution is -0.140. The lowest BCUT2D eigenvalue weighted by Crippen LogP contribution is -2.13. The third-order valence-corrected chi connectivity index (χ3v) is 4.56. The predicted molar refractivity (Wildman–Crippen MR) is 98.1 cm³/mol. The van der Waals surface area contributed by atoms with Crippen molar-refractivity contribution >= 4 is 34.4 Å². The molecule has 0 aliphatic carbocycles. The quantitative estimate of drug-likeness (QED) is 0.509. The largest absolute Gasteiger partial charge is 0.435 e. The summed E-state index contributed by atoms with van der Waals surface area (Å²) in [6.45, 7) is 0.393. The van der Waals surface area contributed by atoms with Gasteiger partial charge in [-0.15, -0.1) is 0 Å². The lowest BCUT2D eigenvalue weighted by atomic mass is 10.2. The fraction of sp³-hybridized carbons (Fsp3) is 0.176. The highest BCUT2D eigenvalue weighted by Crippen LogP contribution is 2.35. The van der Waals surface area contributed by atoms with Crippen molar-refractivity contribution in [1.29, 1.82) is 0 Å². The third-order valence-electron chi connectivity index (χ3n) is 4.00. The van der Waals surface area contributed by atoms with E-state index >= 15 is 0 Å². The van der Waals surface area contributed by atoms with Crippen LogP contribution >= 0.6 is 23.2 Å². The normalized spacial score (nSPS) is 12.0. The molecule has 0 bridgehead atoms. The number of imidazole rings is 2. The van der Waals surface area contributed by atoms with Crippen LogP contribution in [0.25, 0.3) is 22.6 Å². The van der Waals surface area contributed by atoms with Crippen LogP contribution in [-0.4, -0.2) is 29.5 Å². The SMILES string of the molecule is FC(F)(F)c1nc(CCn2ccnc2)nc2[nH]c(-c3cc(Cl)ccc3Cl)nc12. The van der Waals surface area contributed by atoms with Gasteiger partial charge in [-0.2, -0.15) is 13.2 Å². The van der Waals surface area contributed by atoms with Crippen LogP contribution in [0.2, 0.25) is 10.0 Å². The molecule has 3 aromatic heterocycles. The molecule has 144 valence electrons. The maximum Gasteiger partial charge on any atom is 0.435 e. The van der Waals surface area contributed by atoms with Crippen molar-refractivity contribution in [2.75, 3.05) is 0 Å². The monoisotopic (exact) mass is 426 g/mol. The number of H-pyrrole nitrogens is 1. The Kier molecular flexibility index (Phi) is 4.72. The summed E-state index contributed by atoms with van der Waals surface area (Å²) in [7, 11) is 0. The number of halogens is 5. The number of hydrogen-bond acceptors (Lipinski definition) is 4. The molecule has 6 nitrogen and oxygen atoms in total. The number of nitrogens with zero attached hydrogens (tertiary/aromatic N) is 5. The van der Waals surface area contributed by atoms with Gasteiger partial charge in [0.15, 0.2) is 11.3 Å². The molecule has 1 N–H and O–H groups in total. The molecule has 0 atom stereocenters. The molecule has 0 spiro atoms. The van der Waals surface area contributed by atoms with Crippen LogP contribution in [0.4, 0.5) is 13.2 Å². The van der Waals surface area contributed by atoms with Gasteiger partial charge in [0.05, 0.1) is 11.3 Å². The van der Waals surface area contributed by atoms with E-state index in [1.54, 1.807) is 35.4 Å². The van der Waals surface area contributed by atoms with Gasteiger partial charge < -0.3 is 9.55 Å². The highest BCUT2D eigenvalue weighted by molar-refractivity contribution is 6.35. The van der Waals surface area contributed by atoms with Crippen LogP contribution in [0.3, 0.4) is 0 Å². The number of nitrogens with one attached hydrogen (secondary N) is 1. The van der Waals surface area contributed by atoms with Gasteiger partial charge in [0, 0.05) is 35.9 Å². The number of rotatable bonds is 4. The minimum Gasteiger partial charge on any atom is -0.337 e. The van der Waals surface area contributed by atoms with E-state index in [0.717, 1.165) is 0 Å². The van der Waals surface area contributed by atoms with Crippen molar-refractivity contribution in [2.24, 2.45) is 0 Å². The average Bonchev–Trinajstić information content (AvgIpc) is 3.29. The zero-order chi connectivity index (χ0) is 19.9. The van der Waals surface area contributed by atoms with Crippen LogP contribution in [-0.2, 0) is 19.1 Å². The summed E-state index contributed by atoms with van der Waals surface area (Å²) in [4.78, 5) is 18.7. The van der Waals surface area contributed by atoms with E-state index in [0.29, 0.717) is 22.2 Å². The Morgan fingerprint density at radius 3 is 2.64 bits per heavy atom. The van der Waals surface area contributed by atoms with Crippen LogP contribution in [0, 0.1) is 0 Å². The van der Waals surface area contributed by atoms with Crippen molar-refractivity contribution in [1.82, 2.24) is 29.5 Å². The minimum absolute atomic E-state index is 0.0194. The predicted octanol–water partition coefficient (Wildman–Crippen LogP) is 4.78. The van der Waals surface area contributed by atoms with Gasteiger partial charge in [0.25, 0.3) is 0 Å². The standard InChI is InChI=1S/C17H11Cl2F3N6/c18-9-1-2-11(19)10(7-9)15-26-13-14(17(20,21)22)24-12(25-16(13)27-15)3-5-28-6-4-23-8-28/h1-2,4,6-8H,3,5H2,(H,24,25,26,27). The van der Waals surface area contributed by atoms with Crippen molar-refractivity contribution in [3.63, 3.8) is 0 Å². The van der Waals surface area contributed by atoms with Gasteiger partial charge in [-0.3, -0.25) is 0 Å². The molecule has 0 aliphatic rings. The van der Waals surface area contributed by atoms with Gasteiger partial charge in [-0.1, -0.05) is 23.2 Å². The molecule has 0 saturated heterocycles. The Labute approximate surface area is 166 Å². The molecule has 0 radical (unpaired) electrons. The molecule has 0 aliphatic heterocycles. The number of hydrogen-bond donors (Lipinski definition) is 1. The zero-order valence-corrected chi connectivity index (χ0v) is 15.5. The fourth-order valence-corrected chi connectivity index (χ4v) is 3.09. The second kappa shape index (κ2) is 7.06. The summed E-state index contributed by atoms with van der Waals surface area (Å²) < 4.78 is 42.4. The number of benzene rings is 1. The van der Waals surface area contributed by atoms with Crippen LogP contribution in [0.1, 0.15) is 11.5 Å². The number of alkyl halides is 3. The summed E-state index contributed by atoms with van der Waals surface area (Å²) in [5.74, 6) is 0.176. The first-order chi connectivity index (χ1) is 13.3. The number of aromatic amines is 1. The zero-order valence-electron chi connectivity index (χ0n) is 14.0. The Morgan fingerprint density at radius 2 is 1.93 bits per heavy atom. The van der Waals surface area contributed by atoms with Gasteiger partial charge in [-0.05, 0) is 18.2 Å². The molecule has 0 unspecified atom stereocenters. The minimum atomic E-state index is -4.68. The van der Waals surface area contributed by atoms with E-state index in [1.165, 1.54) is 6.07 Å². The van der Waals surface area contributed by atoms with E-state index < -0.39 is 11.9 Å². The molecule has 4 aromatic rings. The van der Waals surface area contributed by atoms with Crippen LogP contribution in [0.15, 0.2) is 36.9 Å². The number of aryl methyl sites for hydroxylation is 2. The van der Waals surface area contributed by atoms with Crippen molar-refractivity contribution in [3.05, 3.63) is 58.5 Å². The van der Waals surface area contributed by atoms with Crippen LogP contribution in [0.5, 0.6) is 0 Å². The number of aromatic nitrogens is 6. The van der Waals surface area contributed by atoms with E-state index in [2.05, 4.69) is 24.9 Å². The maximum absolute atomic E-state index is 13.6. The molecule has 28 heavy (non-hydrogen) atoms. The first-order valence-corrected chi connectivity index (χ1v) is 8.82. The summed E-state index contributed by atoms with van der Waals surface area (Å²) in [6, 6.07) is 4.63. The van der Waals surface area contributed by atoms with E-state index in [9.17, 15) is 13.2 Å². The first-order valence-electron chi connectivity index (χ1n) is 8.06. The van der Waals surface area contributed by atoms with E-state index in [1.807, 2.05) is 0 Å². The molecule has 3 heterocycles. The first kappa shape index (κ1) is 18.7. The number of fused-ring (bicyclic) bond motifs is 1. The Balaban J connectivity index is 1.80. The molecule has 4 rings (SSSR count). The highest BCUT2D eigenvalue weighted by Gasteiger charge is 2.37. The summed E-state index contributed by atoms with van der Waals surface area (Å²) in [5.41, 5.74) is -1.11. The van der Waals surface area contributed by atoms with Crippen molar-refractivity contribution in [2.45, 2.75) is 19.1 Å². The molecule has 0 saturated carbocycles. The highest BCUT2D eigenvalue weighted by atomic mass is 35.5. The second-order valence-corrected chi connectivity index (χ2v) is 6.79. The molecule has 0 fully saturated rings. The average molecular weight is 427 g/mol. The van der Waals surface area contributed by atoms with Crippen molar-refractivity contribution in [3.8, 4) is 11.4 Å². The maximum atomic E-state index is 13.6. The van der Waals surface area contributed by atoms with Gasteiger partial charge in [0.1, 0.15) is 17.2 Å². The smallest absolute Gasteiger partial charge is 0.337 e. The van der Waals surface area contributed by atoms with E-state index in [4.69, 9.17) is 23.2 Å². The molecular formula is C17H11Cl2F3N6. The fourth-order valence-electron chi connectivity index (χ4n) is 2.71. The van der Waals surface area contributed by atoms with Crippen molar-refractivity contribution < 1.29 is 13.2 Å². The lowest BCUT2D eigenvalue weighted by Gasteiger charge is -2.08. The summed E-state index contributed by atoms with van der Waals surface area (Å²) >= 11 is 12.1. The molecule has 1 aromatic carbocycles. The van der Waals surface area contributed by atoms with Gasteiger partial charge in [0.2, 0.25) is 0 Å². The third kappa shape index (κ3) is 3.67. The Hall–Kier alpha value is -2.65. The second-order valence-electron chi connectivity index (χ2n) is 5.94.